The molecule has 1 aliphatic rings. The largest absolute Gasteiger partial charge is 0.354 e. The van der Waals surface area contributed by atoms with Gasteiger partial charge in [-0.3, -0.25) is 4.72 Å². The molecule has 0 atom stereocenters. The van der Waals surface area contributed by atoms with Gasteiger partial charge in [-0.05, 0) is 37.6 Å². The molecule has 3 heterocycles. The van der Waals surface area contributed by atoms with Crippen LogP contribution in [0.3, 0.4) is 0 Å². The minimum Gasteiger partial charge on any atom is -0.354 e. The van der Waals surface area contributed by atoms with E-state index in [1.807, 2.05) is 4.90 Å². The van der Waals surface area contributed by atoms with Crippen LogP contribution >= 0.6 is 0 Å². The average Bonchev–Trinajstić information content (AvgIpc) is 2.88. The summed E-state index contributed by atoms with van der Waals surface area (Å²) >= 11 is 0. The Kier molecular flexibility index (Phi) is 5.35. The summed E-state index contributed by atoms with van der Waals surface area (Å²) in [6.07, 6.45) is 2.28. The van der Waals surface area contributed by atoms with E-state index in [9.17, 15) is 13.7 Å². The normalized spacial score (nSPS) is 15.9. The van der Waals surface area contributed by atoms with Crippen LogP contribution in [-0.4, -0.2) is 48.9 Å². The molecule has 1 fully saturated rings. The number of hydrogen-bond donors (Lipinski definition) is 1. The highest BCUT2D eigenvalue weighted by molar-refractivity contribution is 7.90. The van der Waals surface area contributed by atoms with E-state index < -0.39 is 10.2 Å². The molecule has 9 heteroatoms. The third-order valence-electron chi connectivity index (χ3n) is 4.12. The van der Waals surface area contributed by atoms with Crippen molar-refractivity contribution < 1.29 is 8.42 Å². The highest BCUT2D eigenvalue weighted by Crippen LogP contribution is 2.19. The minimum atomic E-state index is -3.69. The maximum absolute atomic E-state index is 12.7. The summed E-state index contributed by atoms with van der Waals surface area (Å²) in [5, 5.41) is 9.25. The Labute approximate surface area is 153 Å². The zero-order valence-corrected chi connectivity index (χ0v) is 15.3. The summed E-state index contributed by atoms with van der Waals surface area (Å²) in [6.45, 7) is 3.62. The second kappa shape index (κ2) is 7.68. The van der Waals surface area contributed by atoms with Crippen molar-refractivity contribution in [1.82, 2.24) is 14.3 Å². The zero-order chi connectivity index (χ0) is 18.6. The summed E-state index contributed by atoms with van der Waals surface area (Å²) < 4.78 is 29.3. The van der Waals surface area contributed by atoms with Crippen LogP contribution in [0.25, 0.3) is 0 Å². The molecule has 0 saturated carbocycles. The Hall–Kier alpha value is -2.70. The predicted octanol–water partition coefficient (Wildman–Crippen LogP) is 1.53. The molecule has 1 saturated heterocycles. The van der Waals surface area contributed by atoms with Gasteiger partial charge in [0.2, 0.25) is 0 Å². The molecule has 3 rings (SSSR count). The molecule has 2 aromatic heterocycles. The number of anilines is 2. The summed E-state index contributed by atoms with van der Waals surface area (Å²) in [5.74, 6) is 0.908. The summed E-state index contributed by atoms with van der Waals surface area (Å²) in [5.41, 5.74) is 1.23. The van der Waals surface area contributed by atoms with Crippen LogP contribution in [0.2, 0.25) is 0 Å². The zero-order valence-electron chi connectivity index (χ0n) is 14.5. The van der Waals surface area contributed by atoms with Crippen LogP contribution in [0.1, 0.15) is 17.7 Å². The lowest BCUT2D eigenvalue weighted by Crippen LogP contribution is -2.39. The lowest BCUT2D eigenvalue weighted by atomic mass is 10.2. The van der Waals surface area contributed by atoms with Gasteiger partial charge in [-0.25, -0.2) is 9.97 Å². The summed E-state index contributed by atoms with van der Waals surface area (Å²) in [6, 6.07) is 10.8. The monoisotopic (exact) mass is 372 g/mol. The fraction of sp³-hybridized carbons (Fsp3) is 0.353. The van der Waals surface area contributed by atoms with Gasteiger partial charge in [0.25, 0.3) is 0 Å². The van der Waals surface area contributed by atoms with E-state index in [1.165, 1.54) is 4.31 Å². The molecule has 1 N–H and O–H groups in total. The predicted molar refractivity (Wildman–Crippen MR) is 98.9 cm³/mol. The molecule has 0 unspecified atom stereocenters. The quantitative estimate of drug-likeness (QED) is 0.873. The van der Waals surface area contributed by atoms with E-state index in [2.05, 4.69) is 20.8 Å². The molecule has 136 valence electrons. The van der Waals surface area contributed by atoms with E-state index in [0.717, 1.165) is 5.69 Å². The number of rotatable bonds is 4. The highest BCUT2D eigenvalue weighted by Gasteiger charge is 2.26. The molecule has 0 aromatic carbocycles. The topological polar surface area (TPSA) is 102 Å². The van der Waals surface area contributed by atoms with Crippen LogP contribution in [0, 0.1) is 18.3 Å². The van der Waals surface area contributed by atoms with Gasteiger partial charge >= 0.3 is 10.2 Å². The molecule has 0 bridgehead atoms. The third-order valence-corrected chi connectivity index (χ3v) is 5.64. The van der Waals surface area contributed by atoms with Gasteiger partial charge in [0.15, 0.2) is 0 Å². The Morgan fingerprint density at radius 1 is 1.15 bits per heavy atom. The lowest BCUT2D eigenvalue weighted by molar-refractivity contribution is 0.437. The van der Waals surface area contributed by atoms with Crippen LogP contribution in [0.4, 0.5) is 11.6 Å². The van der Waals surface area contributed by atoms with Crippen molar-refractivity contribution in [1.29, 1.82) is 5.26 Å². The molecular weight excluding hydrogens is 352 g/mol. The SMILES string of the molecule is Cc1cccc(NS(=O)(=O)N2CCCN(c3ncccc3C#N)CC2)n1. The molecule has 0 amide bonds. The first-order chi connectivity index (χ1) is 12.5. The van der Waals surface area contributed by atoms with Crippen molar-refractivity contribution in [2.45, 2.75) is 13.3 Å². The van der Waals surface area contributed by atoms with E-state index in [0.29, 0.717) is 49.8 Å². The van der Waals surface area contributed by atoms with Gasteiger partial charge in [0.05, 0.1) is 5.56 Å². The van der Waals surface area contributed by atoms with Crippen molar-refractivity contribution >= 4 is 21.8 Å². The molecular formula is C17H20N6O2S. The van der Waals surface area contributed by atoms with Crippen LogP contribution < -0.4 is 9.62 Å². The average molecular weight is 372 g/mol. The van der Waals surface area contributed by atoms with Gasteiger partial charge in [-0.15, -0.1) is 0 Å². The first-order valence-corrected chi connectivity index (χ1v) is 9.75. The van der Waals surface area contributed by atoms with Gasteiger partial charge in [-0.1, -0.05) is 6.07 Å². The molecule has 0 aliphatic carbocycles. The Balaban J connectivity index is 1.73. The lowest BCUT2D eigenvalue weighted by Gasteiger charge is -2.23. The van der Waals surface area contributed by atoms with E-state index in [-0.39, 0.29) is 0 Å². The van der Waals surface area contributed by atoms with Crippen LogP contribution in [-0.2, 0) is 10.2 Å². The number of aromatic nitrogens is 2. The number of pyridine rings is 2. The van der Waals surface area contributed by atoms with Crippen molar-refractivity contribution in [3.63, 3.8) is 0 Å². The maximum atomic E-state index is 12.7. The highest BCUT2D eigenvalue weighted by atomic mass is 32.2. The molecule has 2 aromatic rings. The molecule has 0 spiro atoms. The minimum absolute atomic E-state index is 0.308. The summed E-state index contributed by atoms with van der Waals surface area (Å²) in [7, 11) is -3.69. The Morgan fingerprint density at radius 2 is 2.00 bits per heavy atom. The molecule has 8 nitrogen and oxygen atoms in total. The molecule has 1 aliphatic heterocycles. The molecule has 0 radical (unpaired) electrons. The maximum Gasteiger partial charge on any atom is 0.302 e. The van der Waals surface area contributed by atoms with Crippen molar-refractivity contribution in [3.8, 4) is 6.07 Å². The number of hydrogen-bond acceptors (Lipinski definition) is 6. The fourth-order valence-electron chi connectivity index (χ4n) is 2.88. The Bertz CT molecular complexity index is 925. The van der Waals surface area contributed by atoms with Gasteiger partial charge < -0.3 is 4.90 Å². The third kappa shape index (κ3) is 4.09. The van der Waals surface area contributed by atoms with Gasteiger partial charge in [-0.2, -0.15) is 18.0 Å². The summed E-state index contributed by atoms with van der Waals surface area (Å²) in [4.78, 5) is 10.4. The fourth-order valence-corrected chi connectivity index (χ4v) is 4.08. The van der Waals surface area contributed by atoms with E-state index >= 15 is 0 Å². The number of nitrogens with zero attached hydrogens (tertiary/aromatic N) is 5. The van der Waals surface area contributed by atoms with Gasteiger partial charge in [0.1, 0.15) is 17.7 Å². The van der Waals surface area contributed by atoms with Crippen molar-refractivity contribution in [3.05, 3.63) is 47.8 Å². The van der Waals surface area contributed by atoms with E-state index in [4.69, 9.17) is 0 Å². The standard InChI is InChI=1S/C17H20N6O2S/c1-14-5-2-7-16(20-14)21-26(24,25)23-10-4-9-22(11-12-23)17-15(13-18)6-3-8-19-17/h2-3,5-8H,4,9-12H2,1H3,(H,20,21). The second-order valence-electron chi connectivity index (χ2n) is 6.00. The second-order valence-corrected chi connectivity index (χ2v) is 7.67. The van der Waals surface area contributed by atoms with Crippen molar-refractivity contribution in [2.75, 3.05) is 35.8 Å². The van der Waals surface area contributed by atoms with Crippen LogP contribution in [0.15, 0.2) is 36.5 Å². The first kappa shape index (κ1) is 18.1. The number of nitriles is 1. The number of aryl methyl sites for hydroxylation is 1. The molecule has 26 heavy (non-hydrogen) atoms. The van der Waals surface area contributed by atoms with Crippen molar-refractivity contribution in [2.24, 2.45) is 0 Å². The number of nitrogens with one attached hydrogen (secondary N) is 1. The van der Waals surface area contributed by atoms with Crippen LogP contribution in [0.5, 0.6) is 0 Å². The Morgan fingerprint density at radius 3 is 2.77 bits per heavy atom. The van der Waals surface area contributed by atoms with Gasteiger partial charge in [0, 0.05) is 38.1 Å². The first-order valence-electron chi connectivity index (χ1n) is 8.31. The van der Waals surface area contributed by atoms with E-state index in [1.54, 1.807) is 43.5 Å². The smallest absolute Gasteiger partial charge is 0.302 e.